The van der Waals surface area contributed by atoms with Gasteiger partial charge in [0.1, 0.15) is 12.0 Å². The van der Waals surface area contributed by atoms with Crippen LogP contribution >= 0.6 is 12.4 Å². The number of benzene rings is 1. The minimum absolute atomic E-state index is 0. The maximum absolute atomic E-state index is 12.7. The summed E-state index contributed by atoms with van der Waals surface area (Å²) in [5.41, 5.74) is 9.48. The van der Waals surface area contributed by atoms with E-state index in [1.165, 1.54) is 15.3 Å². The molecule has 0 unspecified atom stereocenters. The number of fused-ring (bicyclic) bond motifs is 1. The second-order valence-corrected chi connectivity index (χ2v) is 6.02. The third-order valence-electron chi connectivity index (χ3n) is 4.31. The molecule has 2 N–H and O–H groups in total. The van der Waals surface area contributed by atoms with Gasteiger partial charge in [-0.3, -0.25) is 4.40 Å². The quantitative estimate of drug-likeness (QED) is 0.555. The van der Waals surface area contributed by atoms with Gasteiger partial charge in [-0.1, -0.05) is 29.4 Å². The summed E-state index contributed by atoms with van der Waals surface area (Å²) in [5.74, 6) is 0. The van der Waals surface area contributed by atoms with Crippen molar-refractivity contribution in [2.24, 2.45) is 5.73 Å². The normalized spacial score (nSPS) is 11.6. The third kappa shape index (κ3) is 3.60. The topological polar surface area (TPSA) is 91.3 Å². The first-order chi connectivity index (χ1) is 13.2. The van der Waals surface area contributed by atoms with Crippen LogP contribution in [0.15, 0.2) is 76.1 Å². The van der Waals surface area contributed by atoms with Crippen molar-refractivity contribution in [2.45, 2.75) is 6.54 Å². The van der Waals surface area contributed by atoms with Crippen molar-refractivity contribution >= 4 is 18.1 Å². The molecule has 0 amide bonds. The summed E-state index contributed by atoms with van der Waals surface area (Å²) in [5, 5.41) is 8.19. The molecule has 7 nitrogen and oxygen atoms in total. The summed E-state index contributed by atoms with van der Waals surface area (Å²) in [6.07, 6.45) is 3.60. The summed E-state index contributed by atoms with van der Waals surface area (Å²) in [4.78, 5) is 12.4. The van der Waals surface area contributed by atoms with Gasteiger partial charge in [0.15, 0.2) is 5.65 Å². The number of aromatic nitrogens is 4. The Hall–Kier alpha value is -3.23. The van der Waals surface area contributed by atoms with Gasteiger partial charge >= 0.3 is 5.69 Å². The zero-order valence-corrected chi connectivity index (χ0v) is 15.5. The Morgan fingerprint density at radius 3 is 2.54 bits per heavy atom. The van der Waals surface area contributed by atoms with Crippen LogP contribution in [0.5, 0.6) is 0 Å². The Kier molecular flexibility index (Phi) is 5.72. The van der Waals surface area contributed by atoms with Crippen LogP contribution in [-0.4, -0.2) is 25.9 Å². The lowest BCUT2D eigenvalue weighted by Gasteiger charge is -2.03. The van der Waals surface area contributed by atoms with E-state index in [1.54, 1.807) is 12.3 Å². The van der Waals surface area contributed by atoms with Gasteiger partial charge in [-0.15, -0.1) is 17.5 Å². The molecule has 0 spiro atoms. The molecule has 0 saturated carbocycles. The van der Waals surface area contributed by atoms with Gasteiger partial charge in [0.05, 0.1) is 12.9 Å². The van der Waals surface area contributed by atoms with Crippen LogP contribution in [0.25, 0.3) is 28.0 Å². The lowest BCUT2D eigenvalue weighted by atomic mass is 10.0. The standard InChI is InChI=1S/C19H16FN5O2.ClH/c20-10-13(11-21)12-25-19(26)24-7-5-16(9-18(24)22-25)14-1-3-15(4-2-14)17-6-8-27-23-17;/h1-10H,11-12,21H2;1H/b13-10+;. The number of hydrogen-bond donors (Lipinski definition) is 1. The van der Waals surface area contributed by atoms with E-state index in [4.69, 9.17) is 10.3 Å². The highest BCUT2D eigenvalue weighted by Crippen LogP contribution is 2.24. The molecule has 4 aromatic rings. The van der Waals surface area contributed by atoms with Gasteiger partial charge in [0.25, 0.3) is 0 Å². The number of pyridine rings is 1. The van der Waals surface area contributed by atoms with Crippen molar-refractivity contribution in [2.75, 3.05) is 6.54 Å². The SMILES string of the molecule is Cl.NC/C(=C\F)Cn1nc2cc(-c3ccc(-c4ccon4)cc3)ccn2c1=O. The highest BCUT2D eigenvalue weighted by atomic mass is 35.5. The molecule has 3 heterocycles. The van der Waals surface area contributed by atoms with E-state index >= 15 is 0 Å². The van der Waals surface area contributed by atoms with Crippen LogP contribution in [0.1, 0.15) is 0 Å². The zero-order valence-electron chi connectivity index (χ0n) is 14.7. The highest BCUT2D eigenvalue weighted by Gasteiger charge is 2.10. The molecule has 1 aromatic carbocycles. The molecule has 0 saturated heterocycles. The van der Waals surface area contributed by atoms with Gasteiger partial charge < -0.3 is 10.3 Å². The van der Waals surface area contributed by atoms with Crippen molar-refractivity contribution in [1.29, 1.82) is 0 Å². The van der Waals surface area contributed by atoms with Gasteiger partial charge in [-0.25, -0.2) is 13.9 Å². The maximum atomic E-state index is 12.7. The van der Waals surface area contributed by atoms with Gasteiger partial charge in [-0.2, -0.15) is 0 Å². The summed E-state index contributed by atoms with van der Waals surface area (Å²) < 4.78 is 20.2. The molecule has 0 radical (unpaired) electrons. The lowest BCUT2D eigenvalue weighted by molar-refractivity contribution is 0.422. The largest absolute Gasteiger partial charge is 0.364 e. The van der Waals surface area contributed by atoms with E-state index < -0.39 is 0 Å². The third-order valence-corrected chi connectivity index (χ3v) is 4.31. The van der Waals surface area contributed by atoms with Crippen molar-refractivity contribution in [1.82, 2.24) is 19.3 Å². The molecule has 9 heteroatoms. The maximum Gasteiger partial charge on any atom is 0.350 e. The Morgan fingerprint density at radius 1 is 1.14 bits per heavy atom. The van der Waals surface area contributed by atoms with Gasteiger partial charge in [0.2, 0.25) is 0 Å². The zero-order chi connectivity index (χ0) is 18.8. The molecule has 0 aliphatic heterocycles. The molecular weight excluding hydrogens is 385 g/mol. The summed E-state index contributed by atoms with van der Waals surface area (Å²) in [6.45, 7) is 0.0508. The Morgan fingerprint density at radius 2 is 1.89 bits per heavy atom. The fourth-order valence-corrected chi connectivity index (χ4v) is 2.83. The van der Waals surface area contributed by atoms with E-state index in [9.17, 15) is 9.18 Å². The fraction of sp³-hybridized carbons (Fsp3) is 0.105. The average molecular weight is 402 g/mol. The fourth-order valence-electron chi connectivity index (χ4n) is 2.83. The molecule has 0 bridgehead atoms. The van der Waals surface area contributed by atoms with Crippen molar-refractivity contribution in [3.63, 3.8) is 0 Å². The van der Waals surface area contributed by atoms with Crippen LogP contribution in [0.4, 0.5) is 4.39 Å². The predicted octanol–water partition coefficient (Wildman–Crippen LogP) is 3.05. The number of hydrogen-bond acceptors (Lipinski definition) is 5. The van der Waals surface area contributed by atoms with Crippen molar-refractivity contribution in [3.8, 4) is 22.4 Å². The number of halogens is 2. The summed E-state index contributed by atoms with van der Waals surface area (Å²) in [7, 11) is 0. The molecule has 144 valence electrons. The first-order valence-corrected chi connectivity index (χ1v) is 8.28. The molecule has 4 rings (SSSR count). The number of nitrogens with zero attached hydrogens (tertiary/aromatic N) is 4. The lowest BCUT2D eigenvalue weighted by Crippen LogP contribution is -2.23. The molecule has 28 heavy (non-hydrogen) atoms. The molecule has 0 aliphatic carbocycles. The van der Waals surface area contributed by atoms with E-state index in [0.29, 0.717) is 17.6 Å². The Bertz CT molecular complexity index is 1160. The minimum Gasteiger partial charge on any atom is -0.364 e. The summed E-state index contributed by atoms with van der Waals surface area (Å²) >= 11 is 0. The van der Waals surface area contributed by atoms with Crippen LogP contribution < -0.4 is 11.4 Å². The van der Waals surface area contributed by atoms with Crippen molar-refractivity contribution in [3.05, 3.63) is 77.3 Å². The smallest absolute Gasteiger partial charge is 0.350 e. The van der Waals surface area contributed by atoms with E-state index in [2.05, 4.69) is 10.3 Å². The van der Waals surface area contributed by atoms with Crippen LogP contribution in [-0.2, 0) is 6.54 Å². The van der Waals surface area contributed by atoms with Crippen molar-refractivity contribution < 1.29 is 8.91 Å². The molecule has 0 aliphatic rings. The average Bonchev–Trinajstić information content (AvgIpc) is 3.35. The van der Waals surface area contributed by atoms with Crippen LogP contribution in [0, 0.1) is 0 Å². The van der Waals surface area contributed by atoms with E-state index in [1.807, 2.05) is 36.4 Å². The van der Waals surface area contributed by atoms with E-state index in [0.717, 1.165) is 22.4 Å². The van der Waals surface area contributed by atoms with Gasteiger partial charge in [-0.05, 0) is 28.8 Å². The number of nitrogens with two attached hydrogens (primary N) is 1. The molecule has 0 atom stereocenters. The van der Waals surface area contributed by atoms with Gasteiger partial charge in [0, 0.05) is 24.4 Å². The molecule has 0 fully saturated rings. The van der Waals surface area contributed by atoms with E-state index in [-0.39, 0.29) is 31.2 Å². The second-order valence-electron chi connectivity index (χ2n) is 6.02. The highest BCUT2D eigenvalue weighted by molar-refractivity contribution is 5.85. The summed E-state index contributed by atoms with van der Waals surface area (Å²) in [6, 6.07) is 13.3. The van der Waals surface area contributed by atoms with Crippen LogP contribution in [0.2, 0.25) is 0 Å². The molecular formula is C19H17ClFN5O2. The monoisotopic (exact) mass is 401 g/mol. The predicted molar refractivity (Wildman–Crippen MR) is 106 cm³/mol. The minimum atomic E-state index is -0.342. The first kappa shape index (κ1) is 19.5. The van der Waals surface area contributed by atoms with Crippen LogP contribution in [0.3, 0.4) is 0 Å². The molecule has 3 aromatic heterocycles. The first-order valence-electron chi connectivity index (χ1n) is 8.28. The number of rotatable bonds is 5. The Labute approximate surface area is 165 Å². The Balaban J connectivity index is 0.00000225. The second kappa shape index (κ2) is 8.20.